The van der Waals surface area contributed by atoms with Crippen LogP contribution in [-0.4, -0.2) is 28.7 Å². The van der Waals surface area contributed by atoms with Gasteiger partial charge in [-0.05, 0) is 24.6 Å². The highest BCUT2D eigenvalue weighted by atomic mass is 35.5. The number of hydrogen-bond acceptors (Lipinski definition) is 4. The molecule has 8 heteroatoms. The third kappa shape index (κ3) is 3.81. The molecule has 7 nitrogen and oxygen atoms in total. The lowest BCUT2D eigenvalue weighted by atomic mass is 10.0. The number of hydrogen-bond donors (Lipinski definition) is 2. The lowest BCUT2D eigenvalue weighted by molar-refractivity contribution is -0.123. The minimum atomic E-state index is -0.753. The number of carbonyl (C=O) groups is 2. The predicted octanol–water partition coefficient (Wildman–Crippen LogP) is 4.18. The number of ether oxygens (including phenoxy) is 1. The molecule has 2 amide bonds. The molecule has 0 saturated heterocycles. The number of rotatable bonds is 6. The summed E-state index contributed by atoms with van der Waals surface area (Å²) in [6.45, 7) is 2.30. The summed E-state index contributed by atoms with van der Waals surface area (Å²) < 4.78 is 6.88. The SMILES string of the molecule is COCc1nn2c(c1-c1ccc(C)cc1)NC(=O)C2CC(=O)Nc1ccccc1Cl. The molecule has 2 aromatic carbocycles. The van der Waals surface area contributed by atoms with Gasteiger partial charge in [0.2, 0.25) is 5.91 Å². The molecule has 154 valence electrons. The van der Waals surface area contributed by atoms with Crippen LogP contribution in [-0.2, 0) is 20.9 Å². The van der Waals surface area contributed by atoms with E-state index in [2.05, 4.69) is 15.7 Å². The second-order valence-electron chi connectivity index (χ2n) is 7.15. The second-order valence-corrected chi connectivity index (χ2v) is 7.56. The highest BCUT2D eigenvalue weighted by Crippen LogP contribution is 2.39. The normalized spacial score (nSPS) is 15.0. The smallest absolute Gasteiger partial charge is 0.251 e. The Hall–Kier alpha value is -3.16. The van der Waals surface area contributed by atoms with E-state index in [0.29, 0.717) is 22.2 Å². The number of halogens is 1. The summed E-state index contributed by atoms with van der Waals surface area (Å²) in [5, 5.41) is 10.7. The van der Waals surface area contributed by atoms with E-state index in [1.165, 1.54) is 0 Å². The summed E-state index contributed by atoms with van der Waals surface area (Å²) in [5.41, 5.74) is 4.07. The molecule has 0 radical (unpaired) electrons. The zero-order chi connectivity index (χ0) is 21.3. The molecule has 4 rings (SSSR count). The minimum absolute atomic E-state index is 0.0640. The molecular formula is C22H21ClN4O3. The largest absolute Gasteiger partial charge is 0.378 e. The summed E-state index contributed by atoms with van der Waals surface area (Å²) in [6, 6.07) is 14.2. The molecule has 0 fully saturated rings. The molecule has 0 saturated carbocycles. The van der Waals surface area contributed by atoms with Crippen molar-refractivity contribution in [2.45, 2.75) is 26.0 Å². The fourth-order valence-electron chi connectivity index (χ4n) is 3.52. The van der Waals surface area contributed by atoms with E-state index >= 15 is 0 Å². The van der Waals surface area contributed by atoms with Gasteiger partial charge >= 0.3 is 0 Å². The van der Waals surface area contributed by atoms with Gasteiger partial charge in [0, 0.05) is 12.7 Å². The number of nitrogens with zero attached hydrogens (tertiary/aromatic N) is 2. The van der Waals surface area contributed by atoms with E-state index in [4.69, 9.17) is 16.3 Å². The molecule has 1 unspecified atom stereocenters. The number of para-hydroxylation sites is 1. The molecule has 3 aromatic rings. The number of fused-ring (bicyclic) bond motifs is 1. The standard InChI is InChI=1S/C22H21ClN4O3/c1-13-7-9-14(10-8-13)20-17(12-30-2)26-27-18(22(29)25-21(20)27)11-19(28)24-16-6-4-3-5-15(16)23/h3-10,18H,11-12H2,1-2H3,(H,24,28)(H,25,29). The van der Waals surface area contributed by atoms with E-state index in [0.717, 1.165) is 16.7 Å². The van der Waals surface area contributed by atoms with Gasteiger partial charge in [0.15, 0.2) is 0 Å². The van der Waals surface area contributed by atoms with Crippen LogP contribution >= 0.6 is 11.6 Å². The number of methoxy groups -OCH3 is 1. The van der Waals surface area contributed by atoms with Crippen LogP contribution in [0.1, 0.15) is 23.7 Å². The van der Waals surface area contributed by atoms with Crippen molar-refractivity contribution in [2.75, 3.05) is 17.7 Å². The van der Waals surface area contributed by atoms with Crippen LogP contribution in [0.25, 0.3) is 11.1 Å². The number of benzene rings is 2. The van der Waals surface area contributed by atoms with Crippen LogP contribution < -0.4 is 10.6 Å². The number of aryl methyl sites for hydroxylation is 1. The fourth-order valence-corrected chi connectivity index (χ4v) is 3.70. The van der Waals surface area contributed by atoms with Crippen molar-refractivity contribution in [2.24, 2.45) is 0 Å². The molecule has 0 spiro atoms. The summed E-state index contributed by atoms with van der Waals surface area (Å²) in [7, 11) is 1.59. The Kier molecular flexibility index (Phi) is 5.57. The van der Waals surface area contributed by atoms with E-state index in [1.54, 1.807) is 36.1 Å². The number of amides is 2. The maximum absolute atomic E-state index is 12.6. The van der Waals surface area contributed by atoms with Crippen LogP contribution in [0, 0.1) is 6.92 Å². The van der Waals surface area contributed by atoms with Gasteiger partial charge in [0.25, 0.3) is 5.91 Å². The first-order valence-electron chi connectivity index (χ1n) is 9.50. The van der Waals surface area contributed by atoms with Crippen molar-refractivity contribution in [3.05, 3.63) is 64.8 Å². The Bertz CT molecular complexity index is 1110. The Morgan fingerprint density at radius 3 is 2.67 bits per heavy atom. The first-order chi connectivity index (χ1) is 14.5. The van der Waals surface area contributed by atoms with Crippen molar-refractivity contribution in [1.82, 2.24) is 9.78 Å². The van der Waals surface area contributed by atoms with Gasteiger partial charge in [0.05, 0.1) is 29.4 Å². The first kappa shape index (κ1) is 20.1. The summed E-state index contributed by atoms with van der Waals surface area (Å²) in [5.74, 6) is -0.0210. The number of carbonyl (C=O) groups excluding carboxylic acids is 2. The zero-order valence-corrected chi connectivity index (χ0v) is 17.4. The monoisotopic (exact) mass is 424 g/mol. The molecule has 0 bridgehead atoms. The maximum Gasteiger partial charge on any atom is 0.251 e. The topological polar surface area (TPSA) is 85.2 Å². The number of nitrogens with one attached hydrogen (secondary N) is 2. The van der Waals surface area contributed by atoms with E-state index < -0.39 is 6.04 Å². The minimum Gasteiger partial charge on any atom is -0.378 e. The van der Waals surface area contributed by atoms with Crippen molar-refractivity contribution in [1.29, 1.82) is 0 Å². The summed E-state index contributed by atoms with van der Waals surface area (Å²) in [4.78, 5) is 25.2. The number of aromatic nitrogens is 2. The van der Waals surface area contributed by atoms with Gasteiger partial charge in [-0.3, -0.25) is 9.59 Å². The summed E-state index contributed by atoms with van der Waals surface area (Å²) in [6.07, 6.45) is -0.0640. The van der Waals surface area contributed by atoms with Gasteiger partial charge in [-0.2, -0.15) is 5.10 Å². The van der Waals surface area contributed by atoms with E-state index in [1.807, 2.05) is 31.2 Å². The molecule has 2 heterocycles. The highest BCUT2D eigenvalue weighted by molar-refractivity contribution is 6.33. The molecule has 1 aliphatic heterocycles. The van der Waals surface area contributed by atoms with Crippen molar-refractivity contribution >= 4 is 34.9 Å². The van der Waals surface area contributed by atoms with Crippen LogP contribution in [0.5, 0.6) is 0 Å². The number of anilines is 2. The van der Waals surface area contributed by atoms with Gasteiger partial charge in [-0.1, -0.05) is 53.6 Å². The fraction of sp³-hybridized carbons (Fsp3) is 0.227. The van der Waals surface area contributed by atoms with Crippen LogP contribution in [0.3, 0.4) is 0 Å². The molecule has 1 atom stereocenters. The molecular weight excluding hydrogens is 404 g/mol. The average Bonchev–Trinajstić information content (AvgIpc) is 3.20. The van der Waals surface area contributed by atoms with Crippen LogP contribution in [0.4, 0.5) is 11.5 Å². The van der Waals surface area contributed by atoms with Gasteiger partial charge in [-0.25, -0.2) is 4.68 Å². The summed E-state index contributed by atoms with van der Waals surface area (Å²) >= 11 is 6.11. The van der Waals surface area contributed by atoms with Gasteiger partial charge in [-0.15, -0.1) is 0 Å². The highest BCUT2D eigenvalue weighted by Gasteiger charge is 2.37. The van der Waals surface area contributed by atoms with Gasteiger partial charge < -0.3 is 15.4 Å². The molecule has 1 aromatic heterocycles. The van der Waals surface area contributed by atoms with Crippen LogP contribution in [0.15, 0.2) is 48.5 Å². The van der Waals surface area contributed by atoms with E-state index in [9.17, 15) is 9.59 Å². The molecule has 0 aliphatic carbocycles. The Morgan fingerprint density at radius 1 is 1.23 bits per heavy atom. The lowest BCUT2D eigenvalue weighted by Crippen LogP contribution is -2.24. The molecule has 30 heavy (non-hydrogen) atoms. The van der Waals surface area contributed by atoms with Crippen LogP contribution in [0.2, 0.25) is 5.02 Å². The first-order valence-corrected chi connectivity index (χ1v) is 9.88. The Morgan fingerprint density at radius 2 is 1.97 bits per heavy atom. The van der Waals surface area contributed by atoms with Crippen molar-refractivity contribution < 1.29 is 14.3 Å². The maximum atomic E-state index is 12.6. The van der Waals surface area contributed by atoms with E-state index in [-0.39, 0.29) is 24.8 Å². The third-order valence-corrected chi connectivity index (χ3v) is 5.30. The lowest BCUT2D eigenvalue weighted by Gasteiger charge is -2.11. The quantitative estimate of drug-likeness (QED) is 0.621. The Balaban J connectivity index is 1.63. The Labute approximate surface area is 179 Å². The van der Waals surface area contributed by atoms with Crippen molar-refractivity contribution in [3.63, 3.8) is 0 Å². The van der Waals surface area contributed by atoms with Gasteiger partial charge in [0.1, 0.15) is 11.9 Å². The van der Waals surface area contributed by atoms with Crippen molar-refractivity contribution in [3.8, 4) is 11.1 Å². The second kappa shape index (κ2) is 8.30. The zero-order valence-electron chi connectivity index (χ0n) is 16.6. The third-order valence-electron chi connectivity index (χ3n) is 4.97. The average molecular weight is 425 g/mol. The molecule has 1 aliphatic rings. The molecule has 2 N–H and O–H groups in total. The predicted molar refractivity (Wildman–Crippen MR) is 115 cm³/mol.